The van der Waals surface area contributed by atoms with Gasteiger partial charge in [-0.3, -0.25) is 0 Å². The lowest BCUT2D eigenvalue weighted by atomic mass is 10.1. The summed E-state index contributed by atoms with van der Waals surface area (Å²) in [5, 5.41) is 7.44. The van der Waals surface area contributed by atoms with Crippen LogP contribution in [0, 0.1) is 0 Å². The van der Waals surface area contributed by atoms with Gasteiger partial charge in [0.25, 0.3) is 0 Å². The average Bonchev–Trinajstić information content (AvgIpc) is 3.02. The number of para-hydroxylation sites is 1. The molecule has 0 aliphatic carbocycles. The fourth-order valence-corrected chi connectivity index (χ4v) is 1.95. The van der Waals surface area contributed by atoms with Gasteiger partial charge in [-0.05, 0) is 24.6 Å². The molecule has 0 saturated heterocycles. The molecule has 5 nitrogen and oxygen atoms in total. The van der Waals surface area contributed by atoms with Crippen molar-refractivity contribution in [3.63, 3.8) is 0 Å². The summed E-state index contributed by atoms with van der Waals surface area (Å²) in [7, 11) is 0. The largest absolute Gasteiger partial charge is 0.463 e. The average molecular weight is 285 g/mol. The summed E-state index contributed by atoms with van der Waals surface area (Å²) in [5.74, 6) is -0.356. The number of benzene rings is 1. The fraction of sp³-hybridized carbons (Fsp3) is 0.250. The quantitative estimate of drug-likeness (QED) is 0.625. The Morgan fingerprint density at radius 1 is 1.38 bits per heavy atom. The fourth-order valence-electron chi connectivity index (χ4n) is 1.95. The molecule has 1 aromatic carbocycles. The Labute approximate surface area is 124 Å². The smallest absolute Gasteiger partial charge is 0.334 e. The minimum atomic E-state index is -0.356. The number of esters is 1. The first kappa shape index (κ1) is 15.0. The van der Waals surface area contributed by atoms with E-state index in [9.17, 15) is 4.79 Å². The van der Waals surface area contributed by atoms with Gasteiger partial charge in [-0.15, -0.1) is 0 Å². The van der Waals surface area contributed by atoms with Crippen LogP contribution >= 0.6 is 0 Å². The third kappa shape index (κ3) is 4.03. The molecule has 0 bridgehead atoms. The Hall–Kier alpha value is -2.40. The van der Waals surface area contributed by atoms with E-state index < -0.39 is 0 Å². The Kier molecular flexibility index (Phi) is 5.29. The molecule has 5 heteroatoms. The van der Waals surface area contributed by atoms with Crippen LogP contribution < -0.4 is 5.32 Å². The second kappa shape index (κ2) is 7.40. The minimum Gasteiger partial charge on any atom is -0.463 e. The maximum absolute atomic E-state index is 11.5. The zero-order valence-electron chi connectivity index (χ0n) is 12.1. The van der Waals surface area contributed by atoms with Gasteiger partial charge in [0.15, 0.2) is 0 Å². The summed E-state index contributed by atoms with van der Waals surface area (Å²) in [4.78, 5) is 11.5. The topological polar surface area (TPSA) is 56.2 Å². The first-order valence-corrected chi connectivity index (χ1v) is 6.86. The van der Waals surface area contributed by atoms with Crippen LogP contribution in [-0.2, 0) is 16.1 Å². The van der Waals surface area contributed by atoms with E-state index in [0.717, 1.165) is 11.3 Å². The Morgan fingerprint density at radius 2 is 2.19 bits per heavy atom. The van der Waals surface area contributed by atoms with E-state index in [1.807, 2.05) is 41.2 Å². The molecule has 1 N–H and O–H groups in total. The molecule has 0 saturated carbocycles. The highest BCUT2D eigenvalue weighted by atomic mass is 16.5. The molecule has 0 spiro atoms. The third-order valence-electron chi connectivity index (χ3n) is 2.96. The highest BCUT2D eigenvalue weighted by Gasteiger charge is 2.08. The molecule has 0 aliphatic heterocycles. The van der Waals surface area contributed by atoms with Crippen LogP contribution in [0.2, 0.25) is 0 Å². The number of nitrogens with zero attached hydrogens (tertiary/aromatic N) is 2. The lowest BCUT2D eigenvalue weighted by Crippen LogP contribution is -2.22. The van der Waals surface area contributed by atoms with Crippen LogP contribution in [0.1, 0.15) is 12.5 Å². The molecule has 0 aliphatic rings. The van der Waals surface area contributed by atoms with Crippen LogP contribution in [0.3, 0.4) is 0 Å². The van der Waals surface area contributed by atoms with Crippen molar-refractivity contribution in [3.8, 4) is 5.69 Å². The Balaban J connectivity index is 1.95. The van der Waals surface area contributed by atoms with Crippen molar-refractivity contribution in [3.05, 3.63) is 60.4 Å². The Bertz CT molecular complexity index is 606. The molecule has 0 fully saturated rings. The van der Waals surface area contributed by atoms with Gasteiger partial charge in [0.1, 0.15) is 0 Å². The van der Waals surface area contributed by atoms with Gasteiger partial charge in [-0.25, -0.2) is 9.48 Å². The Morgan fingerprint density at radius 3 is 2.90 bits per heavy atom. The van der Waals surface area contributed by atoms with Gasteiger partial charge >= 0.3 is 5.97 Å². The van der Waals surface area contributed by atoms with Crippen molar-refractivity contribution in [2.24, 2.45) is 0 Å². The number of rotatable bonds is 7. The summed E-state index contributed by atoms with van der Waals surface area (Å²) in [5.41, 5.74) is 2.53. The molecule has 1 heterocycles. The van der Waals surface area contributed by atoms with E-state index in [1.54, 1.807) is 13.1 Å². The van der Waals surface area contributed by atoms with E-state index in [-0.39, 0.29) is 5.97 Å². The number of ether oxygens (including phenoxy) is 1. The highest BCUT2D eigenvalue weighted by Crippen LogP contribution is 2.13. The van der Waals surface area contributed by atoms with Gasteiger partial charge in [0, 0.05) is 31.1 Å². The van der Waals surface area contributed by atoms with Crippen LogP contribution in [-0.4, -0.2) is 28.9 Å². The lowest BCUT2D eigenvalue weighted by Gasteiger charge is -2.11. The minimum absolute atomic E-state index is 0.356. The van der Waals surface area contributed by atoms with Gasteiger partial charge in [0.2, 0.25) is 0 Å². The molecule has 0 atom stereocenters. The van der Waals surface area contributed by atoms with Crippen molar-refractivity contribution in [2.75, 3.05) is 13.2 Å². The lowest BCUT2D eigenvalue weighted by molar-refractivity contribution is -0.138. The van der Waals surface area contributed by atoms with Crippen LogP contribution in [0.25, 0.3) is 5.69 Å². The van der Waals surface area contributed by atoms with Gasteiger partial charge in [0.05, 0.1) is 12.3 Å². The molecular formula is C16H19N3O2. The first-order chi connectivity index (χ1) is 10.2. The summed E-state index contributed by atoms with van der Waals surface area (Å²) in [6.45, 7) is 6.87. The first-order valence-electron chi connectivity index (χ1n) is 6.86. The highest BCUT2D eigenvalue weighted by molar-refractivity contribution is 5.88. The van der Waals surface area contributed by atoms with Crippen LogP contribution in [0.15, 0.2) is 54.9 Å². The van der Waals surface area contributed by atoms with Crippen LogP contribution in [0.4, 0.5) is 0 Å². The van der Waals surface area contributed by atoms with Crippen LogP contribution in [0.5, 0.6) is 0 Å². The molecule has 2 rings (SSSR count). The van der Waals surface area contributed by atoms with Crippen molar-refractivity contribution in [1.82, 2.24) is 15.1 Å². The number of carbonyl (C=O) groups excluding carboxylic acids is 1. The third-order valence-corrected chi connectivity index (χ3v) is 2.96. The van der Waals surface area contributed by atoms with Gasteiger partial charge in [-0.1, -0.05) is 24.8 Å². The number of carbonyl (C=O) groups is 1. The molecule has 0 amide bonds. The molecule has 110 valence electrons. The summed E-state index contributed by atoms with van der Waals surface area (Å²) in [6, 6.07) is 9.86. The molecule has 21 heavy (non-hydrogen) atoms. The van der Waals surface area contributed by atoms with Gasteiger partial charge in [-0.2, -0.15) is 5.10 Å². The van der Waals surface area contributed by atoms with E-state index >= 15 is 0 Å². The second-order valence-corrected chi connectivity index (χ2v) is 4.51. The summed E-state index contributed by atoms with van der Waals surface area (Å²) >= 11 is 0. The normalized spacial score (nSPS) is 10.3. The molecule has 0 radical (unpaired) electrons. The van der Waals surface area contributed by atoms with Crippen molar-refractivity contribution < 1.29 is 9.53 Å². The second-order valence-electron chi connectivity index (χ2n) is 4.51. The van der Waals surface area contributed by atoms with E-state index in [0.29, 0.717) is 25.3 Å². The molecular weight excluding hydrogens is 266 g/mol. The molecule has 2 aromatic rings. The number of nitrogens with one attached hydrogen (secondary N) is 1. The van der Waals surface area contributed by atoms with Crippen molar-refractivity contribution in [2.45, 2.75) is 13.5 Å². The standard InChI is InChI=1S/C16H19N3O2/c1-3-21-16(20)13(2)11-17-12-14-7-4-5-8-15(14)19-10-6-9-18-19/h4-10,17H,2-3,11-12H2,1H3. The zero-order valence-corrected chi connectivity index (χ0v) is 12.1. The van der Waals surface area contributed by atoms with E-state index in [4.69, 9.17) is 4.74 Å². The molecule has 0 unspecified atom stereocenters. The monoisotopic (exact) mass is 285 g/mol. The van der Waals surface area contributed by atoms with Gasteiger partial charge < -0.3 is 10.1 Å². The predicted molar refractivity (Wildman–Crippen MR) is 81.0 cm³/mol. The maximum Gasteiger partial charge on any atom is 0.334 e. The SMILES string of the molecule is C=C(CNCc1ccccc1-n1cccn1)C(=O)OCC. The van der Waals surface area contributed by atoms with Crippen molar-refractivity contribution >= 4 is 5.97 Å². The van der Waals surface area contributed by atoms with E-state index in [1.165, 1.54) is 0 Å². The van der Waals surface area contributed by atoms with E-state index in [2.05, 4.69) is 17.0 Å². The summed E-state index contributed by atoms with van der Waals surface area (Å²) in [6.07, 6.45) is 3.64. The molecule has 1 aromatic heterocycles. The zero-order chi connectivity index (χ0) is 15.1. The number of hydrogen-bond acceptors (Lipinski definition) is 4. The number of hydrogen-bond donors (Lipinski definition) is 1. The summed E-state index contributed by atoms with van der Waals surface area (Å²) < 4.78 is 6.71. The maximum atomic E-state index is 11.5. The predicted octanol–water partition coefficient (Wildman–Crippen LogP) is 2.08. The van der Waals surface area contributed by atoms with Crippen molar-refractivity contribution in [1.29, 1.82) is 0 Å². The number of aromatic nitrogens is 2.